The van der Waals surface area contributed by atoms with Crippen LogP contribution in [0.4, 0.5) is 33.3 Å². The number of anilines is 2. The largest absolute Gasteiger partial charge is 0.493 e. The first-order valence-corrected chi connectivity index (χ1v) is 24.3. The summed E-state index contributed by atoms with van der Waals surface area (Å²) >= 11 is 0. The summed E-state index contributed by atoms with van der Waals surface area (Å²) in [6.07, 6.45) is -1.18. The van der Waals surface area contributed by atoms with Crippen molar-refractivity contribution in [3.63, 3.8) is 0 Å². The van der Waals surface area contributed by atoms with Gasteiger partial charge in [0.1, 0.15) is 11.9 Å². The summed E-state index contributed by atoms with van der Waals surface area (Å²) < 4.78 is 99.9. The number of pyridine rings is 1. The fourth-order valence-corrected chi connectivity index (χ4v) is 9.83. The molecule has 3 amide bonds. The number of nitrogens with one attached hydrogen (secondary N) is 3. The van der Waals surface area contributed by atoms with Crippen LogP contribution in [-0.2, 0) is 35.9 Å². The smallest absolute Gasteiger partial charge is 0.374 e. The van der Waals surface area contributed by atoms with E-state index in [1.165, 1.54) is 26.2 Å². The lowest BCUT2D eigenvalue weighted by Gasteiger charge is -2.37. The maximum atomic E-state index is 16.0. The van der Waals surface area contributed by atoms with Crippen LogP contribution < -0.4 is 20.2 Å². The van der Waals surface area contributed by atoms with Gasteiger partial charge in [-0.2, -0.15) is 30.6 Å². The zero-order valence-electron chi connectivity index (χ0n) is 38.6. The van der Waals surface area contributed by atoms with Gasteiger partial charge in [-0.1, -0.05) is 43.3 Å². The molecule has 1 unspecified atom stereocenters. The van der Waals surface area contributed by atoms with Gasteiger partial charge in [-0.25, -0.2) is 18.6 Å². The molecule has 3 N–H and O–H groups in total. The second-order valence-corrected chi connectivity index (χ2v) is 19.4. The number of benzene rings is 3. The van der Waals surface area contributed by atoms with Crippen molar-refractivity contribution in [2.24, 2.45) is 0 Å². The normalized spacial score (nSPS) is 17.6. The highest BCUT2D eigenvalue weighted by Crippen LogP contribution is 2.34. The van der Waals surface area contributed by atoms with E-state index in [9.17, 15) is 45.6 Å². The van der Waals surface area contributed by atoms with Crippen molar-refractivity contribution >= 4 is 62.1 Å². The van der Waals surface area contributed by atoms with Gasteiger partial charge in [0.25, 0.3) is 0 Å². The molecule has 376 valence electrons. The van der Waals surface area contributed by atoms with E-state index in [0.717, 1.165) is 40.0 Å². The SMILES string of the molecule is CCN(C)S(=O)(=O)Nc1ccc(F)c(C(=O)c2cn(OC(=O)C(F)(F)F)c3ncc(-c4ccccc4CN4CCN(CC(=O)N5CCC(c6ccc(NC7CCC(=O)NC7=O)cc6)CC5)CC4)cc23)c1F. The summed E-state index contributed by atoms with van der Waals surface area (Å²) in [6.45, 7) is 5.88. The number of hydrogen-bond donors (Lipinski definition) is 3. The number of aromatic nitrogens is 2. The van der Waals surface area contributed by atoms with Crippen LogP contribution in [0.5, 0.6) is 0 Å². The third-order valence-electron chi connectivity index (χ3n) is 13.0. The van der Waals surface area contributed by atoms with Gasteiger partial charge in [-0.05, 0) is 72.2 Å². The first-order chi connectivity index (χ1) is 33.8. The van der Waals surface area contributed by atoms with E-state index in [1.807, 2.05) is 46.0 Å². The number of carbonyl (C=O) groups excluding carboxylic acids is 5. The number of piperazine rings is 1. The van der Waals surface area contributed by atoms with E-state index in [-0.39, 0.29) is 53.3 Å². The summed E-state index contributed by atoms with van der Waals surface area (Å²) in [5, 5.41) is 5.32. The predicted octanol–water partition coefficient (Wildman–Crippen LogP) is 5.08. The number of carbonyl (C=O) groups is 5. The van der Waals surface area contributed by atoms with Crippen LogP contribution in [0.2, 0.25) is 0 Å². The van der Waals surface area contributed by atoms with Crippen molar-refractivity contribution in [2.45, 2.75) is 57.3 Å². The molecule has 0 radical (unpaired) electrons. The number of halogens is 5. The monoisotopic (exact) mass is 1010 g/mol. The van der Waals surface area contributed by atoms with E-state index < -0.39 is 68.3 Å². The molecule has 0 saturated carbocycles. The van der Waals surface area contributed by atoms with Crippen LogP contribution in [0.25, 0.3) is 22.2 Å². The molecule has 8 rings (SSSR count). The van der Waals surface area contributed by atoms with Crippen molar-refractivity contribution in [1.82, 2.24) is 34.0 Å². The Balaban J connectivity index is 0.921. The number of amides is 3. The molecule has 0 spiro atoms. The van der Waals surface area contributed by atoms with Gasteiger partial charge in [0.05, 0.1) is 29.6 Å². The molecule has 3 aromatic carbocycles. The number of likely N-dealkylation sites (tertiary alicyclic amines) is 1. The van der Waals surface area contributed by atoms with Crippen molar-refractivity contribution in [3.05, 3.63) is 113 Å². The fourth-order valence-electron chi connectivity index (χ4n) is 8.90. The molecule has 2 aromatic heterocycles. The third kappa shape index (κ3) is 11.4. The van der Waals surface area contributed by atoms with Crippen LogP contribution in [0.1, 0.15) is 65.6 Å². The lowest BCUT2D eigenvalue weighted by molar-refractivity contribution is -0.199. The van der Waals surface area contributed by atoms with Crippen molar-refractivity contribution < 1.29 is 59.2 Å². The maximum absolute atomic E-state index is 16.0. The van der Waals surface area contributed by atoms with Crippen LogP contribution in [0.15, 0.2) is 79.1 Å². The van der Waals surface area contributed by atoms with E-state index >= 15 is 8.78 Å². The van der Waals surface area contributed by atoms with Crippen molar-refractivity contribution in [3.8, 4) is 11.1 Å². The third-order valence-corrected chi connectivity index (χ3v) is 14.6. The number of imide groups is 1. The molecule has 5 heterocycles. The lowest BCUT2D eigenvalue weighted by Crippen LogP contribution is -2.50. The number of piperidine rings is 2. The second kappa shape index (κ2) is 20.9. The molecule has 0 bridgehead atoms. The maximum Gasteiger partial charge on any atom is 0.493 e. The minimum Gasteiger partial charge on any atom is -0.374 e. The first-order valence-electron chi connectivity index (χ1n) is 22.9. The Bertz CT molecular complexity index is 2970. The first kappa shape index (κ1) is 50.6. The Morgan fingerprint density at radius 2 is 1.61 bits per heavy atom. The predicted molar refractivity (Wildman–Crippen MR) is 250 cm³/mol. The van der Waals surface area contributed by atoms with Gasteiger partial charge in [0, 0.05) is 88.7 Å². The molecule has 5 aromatic rings. The van der Waals surface area contributed by atoms with E-state index in [1.54, 1.807) is 12.1 Å². The fraction of sp³-hybridized carbons (Fsp3) is 0.375. The van der Waals surface area contributed by atoms with E-state index in [4.69, 9.17) is 0 Å². The average molecular weight is 1010 g/mol. The molecule has 3 aliphatic rings. The molecule has 3 aliphatic heterocycles. The Morgan fingerprint density at radius 1 is 0.915 bits per heavy atom. The number of nitrogens with zero attached hydrogens (tertiary/aromatic N) is 6. The topological polar surface area (TPSA) is 196 Å². The molecular weight excluding hydrogens is 958 g/mol. The van der Waals surface area contributed by atoms with E-state index in [2.05, 4.69) is 30.3 Å². The van der Waals surface area contributed by atoms with Gasteiger partial charge >= 0.3 is 22.4 Å². The molecule has 3 saturated heterocycles. The Hall–Kier alpha value is -6.82. The molecule has 0 aliphatic carbocycles. The lowest BCUT2D eigenvalue weighted by atomic mass is 9.89. The second-order valence-electron chi connectivity index (χ2n) is 17.6. The summed E-state index contributed by atoms with van der Waals surface area (Å²) in [6, 6.07) is 17.4. The molecule has 17 nitrogen and oxygen atoms in total. The van der Waals surface area contributed by atoms with Gasteiger partial charge in [0.15, 0.2) is 11.5 Å². The van der Waals surface area contributed by atoms with Crippen LogP contribution >= 0.6 is 0 Å². The zero-order chi connectivity index (χ0) is 50.8. The average Bonchev–Trinajstić information content (AvgIpc) is 3.71. The van der Waals surface area contributed by atoms with Crippen LogP contribution in [-0.4, -0.2) is 138 Å². The zero-order valence-corrected chi connectivity index (χ0v) is 39.4. The summed E-state index contributed by atoms with van der Waals surface area (Å²) in [5.41, 5.74) is 0.641. The Kier molecular flexibility index (Phi) is 14.9. The van der Waals surface area contributed by atoms with E-state index in [0.29, 0.717) is 75.6 Å². The van der Waals surface area contributed by atoms with Gasteiger partial charge in [-0.15, -0.1) is 0 Å². The molecule has 3 fully saturated rings. The Morgan fingerprint density at radius 3 is 2.28 bits per heavy atom. The van der Waals surface area contributed by atoms with Gasteiger partial charge < -0.3 is 15.1 Å². The summed E-state index contributed by atoms with van der Waals surface area (Å²) in [7, 11) is -3.15. The van der Waals surface area contributed by atoms with Crippen LogP contribution in [0.3, 0.4) is 0 Å². The number of ketones is 1. The highest BCUT2D eigenvalue weighted by atomic mass is 32.2. The number of alkyl halides is 3. The summed E-state index contributed by atoms with van der Waals surface area (Å²) in [4.78, 5) is 78.1. The number of fused-ring (bicyclic) bond motifs is 1. The number of hydrogen-bond acceptors (Lipinski definition) is 12. The van der Waals surface area contributed by atoms with Gasteiger partial charge in [0.2, 0.25) is 23.5 Å². The van der Waals surface area contributed by atoms with Crippen molar-refractivity contribution in [2.75, 3.05) is 69.4 Å². The van der Waals surface area contributed by atoms with Crippen molar-refractivity contribution in [1.29, 1.82) is 0 Å². The number of rotatable bonds is 15. The highest BCUT2D eigenvalue weighted by Gasteiger charge is 2.43. The highest BCUT2D eigenvalue weighted by molar-refractivity contribution is 7.90. The molecule has 1 atom stereocenters. The molecule has 71 heavy (non-hydrogen) atoms. The minimum atomic E-state index is -5.47. The minimum absolute atomic E-state index is 0.0182. The van der Waals surface area contributed by atoms with Gasteiger partial charge in [-0.3, -0.25) is 39.0 Å². The molecular formula is C48H50F5N9O8S. The summed E-state index contributed by atoms with van der Waals surface area (Å²) in [5.74, 6) is -7.34. The quantitative estimate of drug-likeness (QED) is 0.0717. The van der Waals surface area contributed by atoms with Crippen LogP contribution in [0, 0.1) is 11.6 Å². The molecule has 23 heteroatoms. The Labute approximate surface area is 405 Å². The standard InChI is InChI=1S/C48H50F5N9O8S/c1-3-58(2)71(68,69)57-38-13-12-37(49)42(43(38)50)44(65)36-27-62(70-47(67)48(51,52)53)45-35(36)24-32(25-54-45)34-7-5-4-6-31(34)26-59-20-22-60(23-21-59)28-41(64)61-18-16-30(17-19-61)29-8-10-33(11-9-29)55-39-14-15-40(63)56-46(39)66/h4-13,24-25,27,30,39,55,57H,3,14-23,26,28H2,1-2H3,(H,56,63,66).